The van der Waals surface area contributed by atoms with Crippen molar-refractivity contribution in [1.29, 1.82) is 0 Å². The Morgan fingerprint density at radius 3 is 2.71 bits per heavy atom. The molecule has 0 heterocycles. The molecule has 17 heavy (non-hydrogen) atoms. The number of amides is 1. The van der Waals surface area contributed by atoms with E-state index in [2.05, 4.69) is 0 Å². The van der Waals surface area contributed by atoms with Crippen molar-refractivity contribution in [2.75, 3.05) is 13.6 Å². The van der Waals surface area contributed by atoms with Crippen LogP contribution in [0.2, 0.25) is 0 Å². The fourth-order valence-corrected chi connectivity index (χ4v) is 2.20. The highest BCUT2D eigenvalue weighted by atomic mass is 16.4. The summed E-state index contributed by atoms with van der Waals surface area (Å²) >= 11 is 0. The number of likely N-dealkylation sites (N-methyl/N-ethyl adjacent to an activating group) is 1. The monoisotopic (exact) mass is 233 g/mol. The first-order valence-corrected chi connectivity index (χ1v) is 5.67. The quantitative estimate of drug-likeness (QED) is 0.856. The predicted octanol–water partition coefficient (Wildman–Crippen LogP) is 1.33. The molecule has 0 spiro atoms. The SMILES string of the molecule is CN(CC(=O)O)C(=O)c1ccc2c(c1)CCC2. The largest absolute Gasteiger partial charge is 0.480 e. The molecule has 2 rings (SSSR count). The van der Waals surface area contributed by atoms with Crippen LogP contribution in [0.25, 0.3) is 0 Å². The second-order valence-corrected chi connectivity index (χ2v) is 4.39. The molecule has 0 atom stereocenters. The Labute approximate surface area is 99.9 Å². The van der Waals surface area contributed by atoms with Gasteiger partial charge in [0, 0.05) is 12.6 Å². The summed E-state index contributed by atoms with van der Waals surface area (Å²) in [4.78, 5) is 23.7. The number of aliphatic carboxylic acids is 1. The van der Waals surface area contributed by atoms with Crippen LogP contribution in [0.15, 0.2) is 18.2 Å². The molecule has 0 saturated heterocycles. The number of nitrogens with zero attached hydrogens (tertiary/aromatic N) is 1. The van der Waals surface area contributed by atoms with Crippen molar-refractivity contribution in [2.24, 2.45) is 0 Å². The van der Waals surface area contributed by atoms with E-state index in [9.17, 15) is 9.59 Å². The lowest BCUT2D eigenvalue weighted by Crippen LogP contribution is -2.31. The van der Waals surface area contributed by atoms with E-state index in [0.717, 1.165) is 19.3 Å². The molecule has 4 heteroatoms. The molecule has 0 radical (unpaired) electrons. The third-order valence-electron chi connectivity index (χ3n) is 3.06. The van der Waals surface area contributed by atoms with Crippen LogP contribution in [0.5, 0.6) is 0 Å². The zero-order chi connectivity index (χ0) is 12.4. The highest BCUT2D eigenvalue weighted by molar-refractivity contribution is 5.95. The molecule has 1 aliphatic rings. The Hall–Kier alpha value is -1.84. The van der Waals surface area contributed by atoms with Crippen LogP contribution >= 0.6 is 0 Å². The minimum Gasteiger partial charge on any atom is -0.480 e. The molecule has 0 bridgehead atoms. The second-order valence-electron chi connectivity index (χ2n) is 4.39. The molecule has 1 aliphatic carbocycles. The average molecular weight is 233 g/mol. The summed E-state index contributed by atoms with van der Waals surface area (Å²) in [6, 6.07) is 5.65. The van der Waals surface area contributed by atoms with E-state index in [1.807, 2.05) is 12.1 Å². The van der Waals surface area contributed by atoms with Crippen LogP contribution in [-0.4, -0.2) is 35.5 Å². The summed E-state index contributed by atoms with van der Waals surface area (Å²) in [5.74, 6) is -1.23. The molecule has 1 N–H and O–H groups in total. The van der Waals surface area contributed by atoms with Gasteiger partial charge in [0.25, 0.3) is 5.91 Å². The molecule has 0 aliphatic heterocycles. The zero-order valence-corrected chi connectivity index (χ0v) is 9.77. The molecule has 1 aromatic rings. The molecule has 1 amide bonds. The maximum absolute atomic E-state index is 11.9. The predicted molar refractivity (Wildman–Crippen MR) is 63.1 cm³/mol. The highest BCUT2D eigenvalue weighted by Crippen LogP contribution is 2.23. The number of aryl methyl sites for hydroxylation is 2. The first kappa shape index (κ1) is 11.6. The Morgan fingerprint density at radius 1 is 1.29 bits per heavy atom. The van der Waals surface area contributed by atoms with Crippen molar-refractivity contribution in [2.45, 2.75) is 19.3 Å². The van der Waals surface area contributed by atoms with Crippen LogP contribution in [-0.2, 0) is 17.6 Å². The molecule has 4 nitrogen and oxygen atoms in total. The average Bonchev–Trinajstić information content (AvgIpc) is 2.73. The molecule has 0 aromatic heterocycles. The van der Waals surface area contributed by atoms with Crippen LogP contribution in [0.3, 0.4) is 0 Å². The summed E-state index contributed by atoms with van der Waals surface area (Å²) in [7, 11) is 1.50. The fraction of sp³-hybridized carbons (Fsp3) is 0.385. The van der Waals surface area contributed by atoms with Crippen LogP contribution in [0, 0.1) is 0 Å². The topological polar surface area (TPSA) is 57.6 Å². The van der Waals surface area contributed by atoms with E-state index in [1.54, 1.807) is 6.07 Å². The van der Waals surface area contributed by atoms with Gasteiger partial charge in [-0.05, 0) is 42.5 Å². The Bertz CT molecular complexity index is 468. The van der Waals surface area contributed by atoms with Gasteiger partial charge in [-0.2, -0.15) is 0 Å². The smallest absolute Gasteiger partial charge is 0.323 e. The minimum atomic E-state index is -0.998. The van der Waals surface area contributed by atoms with Gasteiger partial charge in [0.2, 0.25) is 0 Å². The first-order valence-electron chi connectivity index (χ1n) is 5.67. The third-order valence-corrected chi connectivity index (χ3v) is 3.06. The fourth-order valence-electron chi connectivity index (χ4n) is 2.20. The summed E-state index contributed by atoms with van der Waals surface area (Å²) < 4.78 is 0. The number of fused-ring (bicyclic) bond motifs is 1. The zero-order valence-electron chi connectivity index (χ0n) is 9.77. The molecule has 0 unspecified atom stereocenters. The third kappa shape index (κ3) is 2.46. The van der Waals surface area contributed by atoms with E-state index in [1.165, 1.54) is 23.1 Å². The van der Waals surface area contributed by atoms with Gasteiger partial charge in [-0.15, -0.1) is 0 Å². The van der Waals surface area contributed by atoms with Crippen molar-refractivity contribution >= 4 is 11.9 Å². The van der Waals surface area contributed by atoms with E-state index in [4.69, 9.17) is 5.11 Å². The number of carboxylic acids is 1. The Kier molecular flexibility index (Phi) is 3.13. The summed E-state index contributed by atoms with van der Waals surface area (Å²) in [6.07, 6.45) is 3.23. The van der Waals surface area contributed by atoms with Gasteiger partial charge in [0.1, 0.15) is 6.54 Å². The lowest BCUT2D eigenvalue weighted by Gasteiger charge is -2.15. The maximum atomic E-state index is 11.9. The number of hydrogen-bond donors (Lipinski definition) is 1. The maximum Gasteiger partial charge on any atom is 0.323 e. The number of carboxylic acid groups (broad SMARTS) is 1. The normalized spacial score (nSPS) is 13.2. The van der Waals surface area contributed by atoms with E-state index in [-0.39, 0.29) is 12.5 Å². The molecule has 0 fully saturated rings. The number of carbonyl (C=O) groups is 2. The minimum absolute atomic E-state index is 0.234. The van der Waals surface area contributed by atoms with Crippen molar-refractivity contribution < 1.29 is 14.7 Å². The number of rotatable bonds is 3. The molecule has 90 valence electrons. The van der Waals surface area contributed by atoms with Crippen molar-refractivity contribution in [1.82, 2.24) is 4.90 Å². The van der Waals surface area contributed by atoms with E-state index in [0.29, 0.717) is 5.56 Å². The van der Waals surface area contributed by atoms with E-state index < -0.39 is 5.97 Å². The van der Waals surface area contributed by atoms with Crippen LogP contribution in [0.1, 0.15) is 27.9 Å². The number of carbonyl (C=O) groups excluding carboxylic acids is 1. The Balaban J connectivity index is 2.17. The van der Waals surface area contributed by atoms with Gasteiger partial charge < -0.3 is 10.0 Å². The lowest BCUT2D eigenvalue weighted by molar-refractivity contribution is -0.137. The van der Waals surface area contributed by atoms with Gasteiger partial charge in [-0.3, -0.25) is 9.59 Å². The molecular weight excluding hydrogens is 218 g/mol. The van der Waals surface area contributed by atoms with Gasteiger partial charge in [-0.25, -0.2) is 0 Å². The standard InChI is InChI=1S/C13H15NO3/c1-14(8-12(15)16)13(17)11-6-5-9-3-2-4-10(9)7-11/h5-7H,2-4,8H2,1H3,(H,15,16). The number of hydrogen-bond acceptors (Lipinski definition) is 2. The molecule has 1 aromatic carbocycles. The summed E-state index contributed by atoms with van der Waals surface area (Å²) in [5, 5.41) is 8.64. The van der Waals surface area contributed by atoms with Crippen molar-refractivity contribution in [3.63, 3.8) is 0 Å². The molecule has 0 saturated carbocycles. The van der Waals surface area contributed by atoms with E-state index >= 15 is 0 Å². The van der Waals surface area contributed by atoms with Gasteiger partial charge in [0.15, 0.2) is 0 Å². The summed E-state index contributed by atoms with van der Waals surface area (Å²) in [6.45, 7) is -0.268. The van der Waals surface area contributed by atoms with Crippen LogP contribution < -0.4 is 0 Å². The number of benzene rings is 1. The first-order chi connectivity index (χ1) is 8.08. The van der Waals surface area contributed by atoms with Gasteiger partial charge in [-0.1, -0.05) is 6.07 Å². The van der Waals surface area contributed by atoms with Gasteiger partial charge in [0.05, 0.1) is 0 Å². The molecular formula is C13H15NO3. The van der Waals surface area contributed by atoms with Crippen LogP contribution in [0.4, 0.5) is 0 Å². The van der Waals surface area contributed by atoms with Crippen molar-refractivity contribution in [3.05, 3.63) is 34.9 Å². The second kappa shape index (κ2) is 4.57. The highest BCUT2D eigenvalue weighted by Gasteiger charge is 2.17. The Morgan fingerprint density at radius 2 is 2.00 bits per heavy atom. The van der Waals surface area contributed by atoms with Gasteiger partial charge >= 0.3 is 5.97 Å². The summed E-state index contributed by atoms with van der Waals surface area (Å²) in [5.41, 5.74) is 3.11. The van der Waals surface area contributed by atoms with Crippen molar-refractivity contribution in [3.8, 4) is 0 Å². The lowest BCUT2D eigenvalue weighted by atomic mass is 10.1.